The molecule has 1 aliphatic carbocycles. The van der Waals surface area contributed by atoms with Crippen molar-refractivity contribution in [1.29, 1.82) is 5.26 Å². The van der Waals surface area contributed by atoms with Crippen LogP contribution in [-0.2, 0) is 0 Å². The summed E-state index contributed by atoms with van der Waals surface area (Å²) in [6, 6.07) is 13.6. The maximum Gasteiger partial charge on any atom is 0.270 e. The number of nitriles is 1. The molecule has 0 aliphatic heterocycles. The number of nitrogens with zero attached hydrogens (tertiary/aromatic N) is 2. The highest BCUT2D eigenvalue weighted by molar-refractivity contribution is 5.95. The van der Waals surface area contributed by atoms with E-state index in [1.807, 2.05) is 30.3 Å². The van der Waals surface area contributed by atoms with Gasteiger partial charge in [0.25, 0.3) is 5.91 Å². The first kappa shape index (κ1) is 12.6. The smallest absolute Gasteiger partial charge is 0.270 e. The third kappa shape index (κ3) is 2.35. The van der Waals surface area contributed by atoms with Crippen molar-refractivity contribution in [2.24, 2.45) is 5.92 Å². The van der Waals surface area contributed by atoms with E-state index in [0.717, 1.165) is 30.2 Å². The lowest BCUT2D eigenvalue weighted by molar-refractivity contribution is 0.0928. The first-order valence-electron chi connectivity index (χ1n) is 6.84. The maximum absolute atomic E-state index is 12.2. The van der Waals surface area contributed by atoms with E-state index in [2.05, 4.69) is 16.4 Å². The number of pyridine rings is 1. The standard InChI is InChI=1S/C16H15N3O/c17-10-12-5-3-7-14(12)19-16(20)15-9-8-11-4-1-2-6-13(11)18-15/h1-2,4,6,8-9,12,14H,3,5,7H2,(H,19,20). The molecule has 2 aromatic rings. The highest BCUT2D eigenvalue weighted by Crippen LogP contribution is 2.25. The molecule has 0 radical (unpaired) electrons. The topological polar surface area (TPSA) is 65.8 Å². The van der Waals surface area contributed by atoms with Gasteiger partial charge in [0.05, 0.1) is 17.5 Å². The number of rotatable bonds is 2. The molecule has 20 heavy (non-hydrogen) atoms. The van der Waals surface area contributed by atoms with Crippen LogP contribution in [0, 0.1) is 17.2 Å². The average molecular weight is 265 g/mol. The van der Waals surface area contributed by atoms with E-state index in [0.29, 0.717) is 5.69 Å². The van der Waals surface area contributed by atoms with Gasteiger partial charge in [-0.05, 0) is 31.4 Å². The van der Waals surface area contributed by atoms with E-state index >= 15 is 0 Å². The van der Waals surface area contributed by atoms with Crippen LogP contribution < -0.4 is 5.32 Å². The number of para-hydroxylation sites is 1. The summed E-state index contributed by atoms with van der Waals surface area (Å²) in [5.74, 6) is -0.262. The predicted octanol–water partition coefficient (Wildman–Crippen LogP) is 2.66. The molecular formula is C16H15N3O. The summed E-state index contributed by atoms with van der Waals surface area (Å²) in [5.41, 5.74) is 1.22. The fourth-order valence-electron chi connectivity index (χ4n) is 2.72. The van der Waals surface area contributed by atoms with Gasteiger partial charge in [-0.1, -0.05) is 24.3 Å². The predicted molar refractivity (Wildman–Crippen MR) is 76.0 cm³/mol. The lowest BCUT2D eigenvalue weighted by atomic mass is 10.1. The summed E-state index contributed by atoms with van der Waals surface area (Å²) in [6.07, 6.45) is 2.73. The molecule has 1 aromatic carbocycles. The van der Waals surface area contributed by atoms with Crippen LogP contribution in [0.1, 0.15) is 29.8 Å². The summed E-state index contributed by atoms with van der Waals surface area (Å²) in [4.78, 5) is 16.6. The molecular weight excluding hydrogens is 250 g/mol. The number of carbonyl (C=O) groups excluding carboxylic acids is 1. The average Bonchev–Trinajstić information content (AvgIpc) is 2.94. The second kappa shape index (κ2) is 5.30. The second-order valence-electron chi connectivity index (χ2n) is 5.14. The van der Waals surface area contributed by atoms with Crippen molar-refractivity contribution in [3.8, 4) is 6.07 Å². The van der Waals surface area contributed by atoms with Crippen molar-refractivity contribution < 1.29 is 4.79 Å². The number of hydrogen-bond donors (Lipinski definition) is 1. The fourth-order valence-corrected chi connectivity index (χ4v) is 2.72. The Morgan fingerprint density at radius 3 is 2.95 bits per heavy atom. The first-order valence-corrected chi connectivity index (χ1v) is 6.84. The van der Waals surface area contributed by atoms with Crippen LogP contribution in [0.15, 0.2) is 36.4 Å². The molecule has 1 saturated carbocycles. The van der Waals surface area contributed by atoms with E-state index in [-0.39, 0.29) is 17.9 Å². The van der Waals surface area contributed by atoms with Crippen LogP contribution in [-0.4, -0.2) is 16.9 Å². The second-order valence-corrected chi connectivity index (χ2v) is 5.14. The summed E-state index contributed by atoms with van der Waals surface area (Å²) in [5, 5.41) is 13.0. The third-order valence-corrected chi connectivity index (χ3v) is 3.83. The molecule has 0 bridgehead atoms. The Labute approximate surface area is 117 Å². The Kier molecular flexibility index (Phi) is 3.34. The molecule has 4 heteroatoms. The number of carbonyl (C=O) groups is 1. The molecule has 0 spiro atoms. The zero-order chi connectivity index (χ0) is 13.9. The van der Waals surface area contributed by atoms with Crippen molar-refractivity contribution in [1.82, 2.24) is 10.3 Å². The summed E-state index contributed by atoms with van der Waals surface area (Å²) >= 11 is 0. The van der Waals surface area contributed by atoms with E-state index in [1.54, 1.807) is 6.07 Å². The van der Waals surface area contributed by atoms with E-state index in [1.165, 1.54) is 0 Å². The van der Waals surface area contributed by atoms with E-state index < -0.39 is 0 Å². The van der Waals surface area contributed by atoms with E-state index in [4.69, 9.17) is 5.26 Å². The number of amides is 1. The van der Waals surface area contributed by atoms with Crippen LogP contribution in [0.25, 0.3) is 10.9 Å². The highest BCUT2D eigenvalue weighted by Gasteiger charge is 2.28. The molecule has 3 rings (SSSR count). The van der Waals surface area contributed by atoms with Gasteiger partial charge in [0.15, 0.2) is 0 Å². The van der Waals surface area contributed by atoms with Crippen molar-refractivity contribution in [3.63, 3.8) is 0 Å². The zero-order valence-corrected chi connectivity index (χ0v) is 11.0. The molecule has 1 N–H and O–H groups in total. The summed E-state index contributed by atoms with van der Waals surface area (Å²) < 4.78 is 0. The third-order valence-electron chi connectivity index (χ3n) is 3.83. The van der Waals surface area contributed by atoms with Gasteiger partial charge in [0.1, 0.15) is 5.69 Å². The summed E-state index contributed by atoms with van der Waals surface area (Å²) in [7, 11) is 0. The Morgan fingerprint density at radius 2 is 2.10 bits per heavy atom. The quantitative estimate of drug-likeness (QED) is 0.907. The van der Waals surface area contributed by atoms with Gasteiger partial charge in [0, 0.05) is 11.4 Å². The van der Waals surface area contributed by atoms with Crippen LogP contribution in [0.2, 0.25) is 0 Å². The van der Waals surface area contributed by atoms with Crippen molar-refractivity contribution in [3.05, 3.63) is 42.1 Å². The van der Waals surface area contributed by atoms with Crippen LogP contribution >= 0.6 is 0 Å². The number of hydrogen-bond acceptors (Lipinski definition) is 3. The number of nitrogens with one attached hydrogen (secondary N) is 1. The van der Waals surface area contributed by atoms with E-state index in [9.17, 15) is 4.79 Å². The molecule has 0 saturated heterocycles. The zero-order valence-electron chi connectivity index (χ0n) is 11.0. The number of fused-ring (bicyclic) bond motifs is 1. The highest BCUT2D eigenvalue weighted by atomic mass is 16.1. The minimum atomic E-state index is -0.192. The molecule has 1 amide bonds. The van der Waals surface area contributed by atoms with Crippen LogP contribution in [0.4, 0.5) is 0 Å². The van der Waals surface area contributed by atoms with Crippen molar-refractivity contribution in [2.75, 3.05) is 0 Å². The van der Waals surface area contributed by atoms with Gasteiger partial charge in [-0.25, -0.2) is 4.98 Å². The van der Waals surface area contributed by atoms with Crippen molar-refractivity contribution in [2.45, 2.75) is 25.3 Å². The van der Waals surface area contributed by atoms with Crippen LogP contribution in [0.5, 0.6) is 0 Å². The fraction of sp³-hybridized carbons (Fsp3) is 0.312. The molecule has 1 heterocycles. The number of aromatic nitrogens is 1. The summed E-state index contributed by atoms with van der Waals surface area (Å²) in [6.45, 7) is 0. The Bertz CT molecular complexity index is 689. The maximum atomic E-state index is 12.2. The van der Waals surface area contributed by atoms with Gasteiger partial charge >= 0.3 is 0 Å². The first-order chi connectivity index (χ1) is 9.78. The molecule has 2 atom stereocenters. The molecule has 1 fully saturated rings. The molecule has 2 unspecified atom stereocenters. The molecule has 1 aliphatic rings. The minimum Gasteiger partial charge on any atom is -0.347 e. The number of benzene rings is 1. The van der Waals surface area contributed by atoms with Gasteiger partial charge in [-0.15, -0.1) is 0 Å². The van der Waals surface area contributed by atoms with Crippen LogP contribution in [0.3, 0.4) is 0 Å². The minimum absolute atomic E-state index is 0.0410. The normalized spacial score (nSPS) is 21.6. The molecule has 100 valence electrons. The Balaban J connectivity index is 1.80. The van der Waals surface area contributed by atoms with Gasteiger partial charge < -0.3 is 5.32 Å². The SMILES string of the molecule is N#CC1CCCC1NC(=O)c1ccc2ccccc2n1. The Hall–Kier alpha value is -2.41. The Morgan fingerprint density at radius 1 is 1.25 bits per heavy atom. The lowest BCUT2D eigenvalue weighted by Crippen LogP contribution is -2.37. The van der Waals surface area contributed by atoms with Crippen molar-refractivity contribution >= 4 is 16.8 Å². The van der Waals surface area contributed by atoms with Gasteiger partial charge in [-0.3, -0.25) is 4.79 Å². The van der Waals surface area contributed by atoms with Gasteiger partial charge in [-0.2, -0.15) is 5.26 Å². The largest absolute Gasteiger partial charge is 0.347 e. The molecule has 1 aromatic heterocycles. The monoisotopic (exact) mass is 265 g/mol. The molecule has 4 nitrogen and oxygen atoms in total. The van der Waals surface area contributed by atoms with Gasteiger partial charge in [0.2, 0.25) is 0 Å². The lowest BCUT2D eigenvalue weighted by Gasteiger charge is -2.15.